The van der Waals surface area contributed by atoms with Crippen LogP contribution in [-0.4, -0.2) is 18.0 Å². The maximum atomic E-state index is 6.06. The molecule has 0 aliphatic carbocycles. The average Bonchev–Trinajstić information content (AvgIpc) is 2.66. The second-order valence-corrected chi connectivity index (χ2v) is 5.21. The number of hydrogen-bond donors (Lipinski definition) is 1. The molecule has 1 aliphatic rings. The van der Waals surface area contributed by atoms with Gasteiger partial charge in [-0.3, -0.25) is 4.90 Å². The molecule has 0 radical (unpaired) electrons. The van der Waals surface area contributed by atoms with Crippen LogP contribution in [0.5, 0.6) is 0 Å². The third kappa shape index (κ3) is 2.82. The molecule has 0 aromatic heterocycles. The molecule has 1 heterocycles. The van der Waals surface area contributed by atoms with Crippen molar-refractivity contribution in [3.8, 4) is 0 Å². The van der Waals surface area contributed by atoms with Gasteiger partial charge in [-0.25, -0.2) is 0 Å². The Morgan fingerprint density at radius 1 is 1.41 bits per heavy atom. The van der Waals surface area contributed by atoms with Gasteiger partial charge in [0.1, 0.15) is 0 Å². The van der Waals surface area contributed by atoms with E-state index in [1.54, 1.807) is 0 Å². The summed E-state index contributed by atoms with van der Waals surface area (Å²) in [6.45, 7) is 5.08. The Morgan fingerprint density at radius 3 is 2.94 bits per heavy atom. The van der Waals surface area contributed by atoms with Crippen LogP contribution in [0.25, 0.3) is 0 Å². The van der Waals surface area contributed by atoms with Crippen LogP contribution in [0.15, 0.2) is 18.2 Å². The number of nitrogens with two attached hydrogens (primary N) is 1. The number of hydrogen-bond acceptors (Lipinski definition) is 2. The highest BCUT2D eigenvalue weighted by Gasteiger charge is 2.28. The van der Waals surface area contributed by atoms with Crippen molar-refractivity contribution in [1.29, 1.82) is 0 Å². The van der Waals surface area contributed by atoms with Crippen molar-refractivity contribution in [2.75, 3.05) is 13.1 Å². The third-order valence-corrected chi connectivity index (χ3v) is 3.79. The van der Waals surface area contributed by atoms with Crippen LogP contribution in [0, 0.1) is 0 Å². The van der Waals surface area contributed by atoms with Crippen molar-refractivity contribution in [3.63, 3.8) is 0 Å². The Morgan fingerprint density at radius 2 is 2.24 bits per heavy atom. The van der Waals surface area contributed by atoms with Gasteiger partial charge in [-0.1, -0.05) is 37.4 Å². The second-order valence-electron chi connectivity index (χ2n) is 4.77. The molecule has 3 heteroatoms. The number of fused-ring (bicyclic) bond motifs is 1. The zero-order chi connectivity index (χ0) is 12.3. The molecule has 1 atom stereocenters. The Labute approximate surface area is 109 Å². The molecule has 0 fully saturated rings. The molecule has 2 rings (SSSR count). The first-order valence-corrected chi connectivity index (χ1v) is 6.86. The lowest BCUT2D eigenvalue weighted by molar-refractivity contribution is 0.215. The predicted molar refractivity (Wildman–Crippen MR) is 73.2 cm³/mol. The van der Waals surface area contributed by atoms with Gasteiger partial charge in [-0.2, -0.15) is 0 Å². The van der Waals surface area contributed by atoms with E-state index in [1.165, 1.54) is 30.4 Å². The quantitative estimate of drug-likeness (QED) is 0.815. The zero-order valence-electron chi connectivity index (χ0n) is 10.5. The Balaban J connectivity index is 2.08. The average molecular weight is 253 g/mol. The SMILES string of the molecule is CCCCCN1Cc2ccc(Cl)cc2C1CN. The molecule has 0 spiro atoms. The van der Waals surface area contributed by atoms with Gasteiger partial charge in [-0.05, 0) is 36.2 Å². The van der Waals surface area contributed by atoms with E-state index >= 15 is 0 Å². The second kappa shape index (κ2) is 5.85. The van der Waals surface area contributed by atoms with Crippen LogP contribution < -0.4 is 5.73 Å². The number of halogens is 1. The summed E-state index contributed by atoms with van der Waals surface area (Å²) in [4.78, 5) is 2.48. The fourth-order valence-corrected chi connectivity index (χ4v) is 2.80. The standard InChI is InChI=1S/C14H21ClN2/c1-2-3-4-7-17-10-11-5-6-12(15)8-13(11)14(17)9-16/h5-6,8,14H,2-4,7,9-10,16H2,1H3. The van der Waals surface area contributed by atoms with Gasteiger partial charge in [0, 0.05) is 24.2 Å². The van der Waals surface area contributed by atoms with E-state index in [4.69, 9.17) is 17.3 Å². The van der Waals surface area contributed by atoms with E-state index in [0.29, 0.717) is 12.6 Å². The summed E-state index contributed by atoms with van der Waals surface area (Å²) < 4.78 is 0. The number of unbranched alkanes of at least 4 members (excludes halogenated alkanes) is 2. The topological polar surface area (TPSA) is 29.3 Å². The molecule has 2 nitrogen and oxygen atoms in total. The number of nitrogens with zero attached hydrogens (tertiary/aromatic N) is 1. The summed E-state index contributed by atoms with van der Waals surface area (Å²) in [7, 11) is 0. The Bertz CT molecular complexity index is 378. The molecule has 1 aromatic carbocycles. The molecule has 1 aromatic rings. The summed E-state index contributed by atoms with van der Waals surface area (Å²) in [5.41, 5.74) is 8.63. The number of benzene rings is 1. The van der Waals surface area contributed by atoms with E-state index in [2.05, 4.69) is 24.0 Å². The maximum absolute atomic E-state index is 6.06. The molecular weight excluding hydrogens is 232 g/mol. The van der Waals surface area contributed by atoms with E-state index < -0.39 is 0 Å². The minimum atomic E-state index is 0.362. The van der Waals surface area contributed by atoms with Crippen molar-refractivity contribution in [2.45, 2.75) is 38.8 Å². The fraction of sp³-hybridized carbons (Fsp3) is 0.571. The van der Waals surface area contributed by atoms with Gasteiger partial charge in [-0.15, -0.1) is 0 Å². The highest BCUT2D eigenvalue weighted by atomic mass is 35.5. The van der Waals surface area contributed by atoms with Gasteiger partial charge in [0.05, 0.1) is 0 Å². The van der Waals surface area contributed by atoms with Crippen LogP contribution >= 0.6 is 11.6 Å². The van der Waals surface area contributed by atoms with E-state index in [-0.39, 0.29) is 0 Å². The Kier molecular flexibility index (Phi) is 4.43. The maximum Gasteiger partial charge on any atom is 0.0477 e. The number of rotatable bonds is 5. The molecule has 2 N–H and O–H groups in total. The highest BCUT2D eigenvalue weighted by Crippen LogP contribution is 2.34. The van der Waals surface area contributed by atoms with E-state index in [1.807, 2.05) is 6.07 Å². The first-order valence-electron chi connectivity index (χ1n) is 6.48. The molecule has 0 saturated carbocycles. The fourth-order valence-electron chi connectivity index (χ4n) is 2.62. The van der Waals surface area contributed by atoms with Gasteiger partial charge < -0.3 is 5.73 Å². The van der Waals surface area contributed by atoms with Crippen LogP contribution in [-0.2, 0) is 6.54 Å². The van der Waals surface area contributed by atoms with Gasteiger partial charge >= 0.3 is 0 Å². The van der Waals surface area contributed by atoms with Crippen LogP contribution in [0.4, 0.5) is 0 Å². The lowest BCUT2D eigenvalue weighted by Crippen LogP contribution is -2.28. The first-order chi connectivity index (χ1) is 8.26. The summed E-state index contributed by atoms with van der Waals surface area (Å²) in [6.07, 6.45) is 3.82. The molecular formula is C14H21ClN2. The zero-order valence-corrected chi connectivity index (χ0v) is 11.2. The summed E-state index contributed by atoms with van der Waals surface area (Å²) in [5, 5.41) is 0.817. The lowest BCUT2D eigenvalue weighted by Gasteiger charge is -2.23. The molecule has 0 saturated heterocycles. The largest absolute Gasteiger partial charge is 0.329 e. The van der Waals surface area contributed by atoms with Crippen molar-refractivity contribution in [3.05, 3.63) is 34.3 Å². The minimum Gasteiger partial charge on any atom is -0.329 e. The van der Waals surface area contributed by atoms with Crippen molar-refractivity contribution in [1.82, 2.24) is 4.90 Å². The molecule has 1 aliphatic heterocycles. The molecule has 0 bridgehead atoms. The normalized spacial score (nSPS) is 19.6. The monoisotopic (exact) mass is 252 g/mol. The molecule has 1 unspecified atom stereocenters. The van der Waals surface area contributed by atoms with Crippen LogP contribution in [0.2, 0.25) is 5.02 Å². The third-order valence-electron chi connectivity index (χ3n) is 3.55. The summed E-state index contributed by atoms with van der Waals surface area (Å²) >= 11 is 6.06. The minimum absolute atomic E-state index is 0.362. The van der Waals surface area contributed by atoms with Crippen LogP contribution in [0.1, 0.15) is 43.4 Å². The smallest absolute Gasteiger partial charge is 0.0477 e. The van der Waals surface area contributed by atoms with Crippen molar-refractivity contribution in [2.24, 2.45) is 5.73 Å². The highest BCUT2D eigenvalue weighted by molar-refractivity contribution is 6.30. The summed E-state index contributed by atoms with van der Waals surface area (Å²) in [5.74, 6) is 0. The van der Waals surface area contributed by atoms with Crippen molar-refractivity contribution < 1.29 is 0 Å². The van der Waals surface area contributed by atoms with Crippen molar-refractivity contribution >= 4 is 11.6 Å². The van der Waals surface area contributed by atoms with E-state index in [0.717, 1.165) is 18.1 Å². The predicted octanol–water partition coefficient (Wildman–Crippen LogP) is 3.35. The summed E-state index contributed by atoms with van der Waals surface area (Å²) in [6, 6.07) is 6.55. The lowest BCUT2D eigenvalue weighted by atomic mass is 10.1. The van der Waals surface area contributed by atoms with E-state index in [9.17, 15) is 0 Å². The Hall–Kier alpha value is -0.570. The first kappa shape index (κ1) is 12.9. The van der Waals surface area contributed by atoms with Gasteiger partial charge in [0.2, 0.25) is 0 Å². The molecule has 0 amide bonds. The van der Waals surface area contributed by atoms with Crippen LogP contribution in [0.3, 0.4) is 0 Å². The van der Waals surface area contributed by atoms with Gasteiger partial charge in [0.25, 0.3) is 0 Å². The van der Waals surface area contributed by atoms with Gasteiger partial charge in [0.15, 0.2) is 0 Å². The molecule has 94 valence electrons. The molecule has 17 heavy (non-hydrogen) atoms.